The van der Waals surface area contributed by atoms with Gasteiger partial charge < -0.3 is 4.90 Å². The molecule has 0 N–H and O–H groups in total. The number of likely N-dealkylation sites (N-methyl/N-ethyl adjacent to an activating group) is 1. The van der Waals surface area contributed by atoms with E-state index in [-0.39, 0.29) is 17.7 Å². The van der Waals surface area contributed by atoms with Gasteiger partial charge in [-0.1, -0.05) is 32.1 Å². The molecule has 0 radical (unpaired) electrons. The highest BCUT2D eigenvalue weighted by molar-refractivity contribution is 6.05. The van der Waals surface area contributed by atoms with Gasteiger partial charge in [0.15, 0.2) is 0 Å². The molecule has 0 spiro atoms. The van der Waals surface area contributed by atoms with Gasteiger partial charge in [0.1, 0.15) is 12.1 Å². The van der Waals surface area contributed by atoms with Crippen molar-refractivity contribution in [3.8, 4) is 0 Å². The van der Waals surface area contributed by atoms with Gasteiger partial charge in [-0.15, -0.1) is 0 Å². The SMILES string of the molecule is CC(=O)N1C(=O)[C@H](CC2CCCCC2)N(C)C(=O)[C@@H]1C. The molecule has 0 bridgehead atoms. The van der Waals surface area contributed by atoms with Crippen LogP contribution in [0.3, 0.4) is 0 Å². The van der Waals surface area contributed by atoms with Gasteiger partial charge in [-0.05, 0) is 19.3 Å². The van der Waals surface area contributed by atoms with E-state index in [1.54, 1.807) is 18.9 Å². The van der Waals surface area contributed by atoms with Crippen molar-refractivity contribution < 1.29 is 14.4 Å². The Kier molecular flexibility index (Phi) is 4.45. The van der Waals surface area contributed by atoms with Crippen LogP contribution in [0.25, 0.3) is 0 Å². The van der Waals surface area contributed by atoms with E-state index in [1.165, 1.54) is 26.2 Å². The van der Waals surface area contributed by atoms with E-state index in [0.717, 1.165) is 17.7 Å². The largest absolute Gasteiger partial charge is 0.332 e. The summed E-state index contributed by atoms with van der Waals surface area (Å²) in [5.41, 5.74) is 0. The topological polar surface area (TPSA) is 57.7 Å². The summed E-state index contributed by atoms with van der Waals surface area (Å²) in [6.45, 7) is 2.97. The molecule has 2 atom stereocenters. The molecule has 1 heterocycles. The van der Waals surface area contributed by atoms with Crippen LogP contribution < -0.4 is 0 Å². The molecule has 1 aliphatic carbocycles. The quantitative estimate of drug-likeness (QED) is 0.771. The number of nitrogens with zero attached hydrogens (tertiary/aromatic N) is 2. The van der Waals surface area contributed by atoms with Crippen molar-refractivity contribution in [2.45, 2.75) is 64.5 Å². The Morgan fingerprint density at radius 2 is 1.75 bits per heavy atom. The Morgan fingerprint density at radius 1 is 1.15 bits per heavy atom. The average molecular weight is 280 g/mol. The summed E-state index contributed by atoms with van der Waals surface area (Å²) in [6, 6.07) is -1.14. The van der Waals surface area contributed by atoms with Crippen molar-refractivity contribution in [2.24, 2.45) is 5.92 Å². The normalized spacial score (nSPS) is 28.9. The lowest BCUT2D eigenvalue weighted by Gasteiger charge is -2.42. The highest BCUT2D eigenvalue weighted by Crippen LogP contribution is 2.30. The van der Waals surface area contributed by atoms with Gasteiger partial charge in [0.05, 0.1) is 0 Å². The van der Waals surface area contributed by atoms with Crippen molar-refractivity contribution in [2.75, 3.05) is 7.05 Å². The Morgan fingerprint density at radius 3 is 2.30 bits per heavy atom. The molecule has 0 aromatic rings. The molecule has 0 unspecified atom stereocenters. The van der Waals surface area contributed by atoms with E-state index in [2.05, 4.69) is 0 Å². The van der Waals surface area contributed by atoms with E-state index < -0.39 is 12.1 Å². The number of amides is 3. The van der Waals surface area contributed by atoms with Crippen LogP contribution in [-0.4, -0.2) is 46.7 Å². The predicted molar refractivity (Wildman–Crippen MR) is 74.7 cm³/mol. The third kappa shape index (κ3) is 2.72. The first-order valence-corrected chi connectivity index (χ1v) is 7.53. The van der Waals surface area contributed by atoms with E-state index in [0.29, 0.717) is 12.3 Å². The van der Waals surface area contributed by atoms with E-state index >= 15 is 0 Å². The molecule has 1 saturated carbocycles. The number of rotatable bonds is 2. The molecule has 3 amide bonds. The van der Waals surface area contributed by atoms with Gasteiger partial charge in [0, 0.05) is 14.0 Å². The zero-order valence-corrected chi connectivity index (χ0v) is 12.6. The molecule has 5 heteroatoms. The first kappa shape index (κ1) is 15.0. The third-order valence-electron chi connectivity index (χ3n) is 4.70. The number of hydrogen-bond acceptors (Lipinski definition) is 3. The second-order valence-corrected chi connectivity index (χ2v) is 6.11. The highest BCUT2D eigenvalue weighted by atomic mass is 16.2. The Balaban J connectivity index is 2.15. The zero-order chi connectivity index (χ0) is 14.9. The highest BCUT2D eigenvalue weighted by Gasteiger charge is 2.44. The number of imide groups is 1. The maximum Gasteiger partial charge on any atom is 0.252 e. The molecule has 0 aromatic heterocycles. The van der Waals surface area contributed by atoms with Gasteiger partial charge in [-0.3, -0.25) is 19.3 Å². The molecule has 5 nitrogen and oxygen atoms in total. The van der Waals surface area contributed by atoms with Crippen LogP contribution in [0.4, 0.5) is 0 Å². The third-order valence-corrected chi connectivity index (χ3v) is 4.70. The lowest BCUT2D eigenvalue weighted by Crippen LogP contribution is -2.64. The van der Waals surface area contributed by atoms with Crippen LogP contribution in [0.1, 0.15) is 52.4 Å². The van der Waals surface area contributed by atoms with Crippen molar-refractivity contribution in [1.82, 2.24) is 9.80 Å². The van der Waals surface area contributed by atoms with Crippen molar-refractivity contribution >= 4 is 17.7 Å². The molecular weight excluding hydrogens is 256 g/mol. The lowest BCUT2D eigenvalue weighted by atomic mass is 9.83. The Hall–Kier alpha value is -1.39. The summed E-state index contributed by atoms with van der Waals surface area (Å²) in [7, 11) is 1.68. The summed E-state index contributed by atoms with van der Waals surface area (Å²) in [6.07, 6.45) is 6.62. The van der Waals surface area contributed by atoms with Crippen LogP contribution >= 0.6 is 0 Å². The minimum atomic E-state index is -0.674. The Labute approximate surface area is 120 Å². The van der Waals surface area contributed by atoms with Crippen molar-refractivity contribution in [1.29, 1.82) is 0 Å². The van der Waals surface area contributed by atoms with Crippen LogP contribution in [-0.2, 0) is 14.4 Å². The molecule has 2 fully saturated rings. The van der Waals surface area contributed by atoms with Gasteiger partial charge in [0.25, 0.3) is 5.91 Å². The monoisotopic (exact) mass is 280 g/mol. The van der Waals surface area contributed by atoms with Gasteiger partial charge in [-0.25, -0.2) is 0 Å². The standard InChI is InChI=1S/C15H24N2O3/c1-10-14(19)16(3)13(15(20)17(10)11(2)18)9-12-7-5-4-6-8-12/h10,12-13H,4-9H2,1-3H3/t10-,13-/m0/s1. The molecule has 2 aliphatic rings. The summed E-state index contributed by atoms with van der Waals surface area (Å²) in [4.78, 5) is 39.1. The lowest BCUT2D eigenvalue weighted by molar-refractivity contribution is -0.165. The fourth-order valence-corrected chi connectivity index (χ4v) is 3.50. The zero-order valence-electron chi connectivity index (χ0n) is 12.6. The van der Waals surface area contributed by atoms with Crippen molar-refractivity contribution in [3.63, 3.8) is 0 Å². The minimum absolute atomic E-state index is 0.138. The number of carbonyl (C=O) groups excluding carboxylic acids is 3. The first-order valence-electron chi connectivity index (χ1n) is 7.53. The van der Waals surface area contributed by atoms with Gasteiger partial charge in [-0.2, -0.15) is 0 Å². The summed E-state index contributed by atoms with van der Waals surface area (Å²) >= 11 is 0. The van der Waals surface area contributed by atoms with Gasteiger partial charge in [0.2, 0.25) is 11.8 Å². The first-order chi connectivity index (χ1) is 9.43. The summed E-state index contributed by atoms with van der Waals surface area (Å²) in [5, 5.41) is 0. The molecule has 2 rings (SSSR count). The molecule has 112 valence electrons. The summed E-state index contributed by atoms with van der Waals surface area (Å²) in [5.74, 6) is -0.189. The Bertz CT molecular complexity index is 415. The van der Waals surface area contributed by atoms with E-state index in [9.17, 15) is 14.4 Å². The average Bonchev–Trinajstić information content (AvgIpc) is 2.42. The fraction of sp³-hybridized carbons (Fsp3) is 0.800. The van der Waals surface area contributed by atoms with E-state index in [4.69, 9.17) is 0 Å². The predicted octanol–water partition coefficient (Wildman–Crippen LogP) is 1.56. The van der Waals surface area contributed by atoms with Crippen LogP contribution in [0, 0.1) is 5.92 Å². The second kappa shape index (κ2) is 5.94. The number of piperazine rings is 1. The molecular formula is C15H24N2O3. The van der Waals surface area contributed by atoms with Crippen LogP contribution in [0.15, 0.2) is 0 Å². The fourth-order valence-electron chi connectivity index (χ4n) is 3.50. The molecule has 0 aromatic carbocycles. The second-order valence-electron chi connectivity index (χ2n) is 6.11. The number of carbonyl (C=O) groups is 3. The van der Waals surface area contributed by atoms with Crippen LogP contribution in [0.2, 0.25) is 0 Å². The van der Waals surface area contributed by atoms with E-state index in [1.807, 2.05) is 0 Å². The van der Waals surface area contributed by atoms with Crippen molar-refractivity contribution in [3.05, 3.63) is 0 Å². The number of hydrogen-bond donors (Lipinski definition) is 0. The maximum atomic E-state index is 12.5. The smallest absolute Gasteiger partial charge is 0.252 e. The summed E-state index contributed by atoms with van der Waals surface area (Å²) < 4.78 is 0. The molecule has 1 saturated heterocycles. The molecule has 20 heavy (non-hydrogen) atoms. The van der Waals surface area contributed by atoms with Crippen LogP contribution in [0.5, 0.6) is 0 Å². The minimum Gasteiger partial charge on any atom is -0.332 e. The molecule has 1 aliphatic heterocycles. The maximum absolute atomic E-state index is 12.5. The van der Waals surface area contributed by atoms with Gasteiger partial charge >= 0.3 is 0 Å².